The van der Waals surface area contributed by atoms with Crippen molar-refractivity contribution in [1.82, 2.24) is 9.80 Å². The minimum atomic E-state index is -1.01. The van der Waals surface area contributed by atoms with Crippen molar-refractivity contribution >= 4 is 11.7 Å². The van der Waals surface area contributed by atoms with Crippen LogP contribution in [0.5, 0.6) is 5.75 Å². The molecule has 2 atom stereocenters. The molecule has 32 heavy (non-hydrogen) atoms. The number of ketones is 1. The van der Waals surface area contributed by atoms with E-state index in [9.17, 15) is 9.59 Å². The van der Waals surface area contributed by atoms with Crippen molar-refractivity contribution in [2.24, 2.45) is 5.41 Å². The first-order valence-corrected chi connectivity index (χ1v) is 11.3. The molecule has 4 aliphatic rings. The Bertz CT molecular complexity index is 1050. The molecule has 1 fully saturated rings. The minimum Gasteiger partial charge on any atom is -0.492 e. The van der Waals surface area contributed by atoms with Gasteiger partial charge in [-0.25, -0.2) is 0 Å². The van der Waals surface area contributed by atoms with Crippen LogP contribution in [0.15, 0.2) is 54.8 Å². The van der Waals surface area contributed by atoms with E-state index < -0.39 is 11.0 Å². The monoisotopic (exact) mass is 434 g/mol. The Balaban J connectivity index is 1.34. The minimum absolute atomic E-state index is 0.00711. The van der Waals surface area contributed by atoms with Crippen molar-refractivity contribution in [2.75, 3.05) is 39.3 Å². The fraction of sp³-hybridized carbons (Fsp3) is 0.462. The van der Waals surface area contributed by atoms with Crippen LogP contribution in [-0.2, 0) is 14.9 Å². The molecule has 2 unspecified atom stereocenters. The molecule has 0 saturated carbocycles. The van der Waals surface area contributed by atoms with Crippen molar-refractivity contribution in [1.29, 1.82) is 0 Å². The van der Waals surface area contributed by atoms with Crippen LogP contribution in [0.4, 0.5) is 0 Å². The van der Waals surface area contributed by atoms with Gasteiger partial charge in [-0.1, -0.05) is 32.1 Å². The first-order chi connectivity index (χ1) is 15.3. The molecule has 0 aromatic heterocycles. The van der Waals surface area contributed by atoms with E-state index in [-0.39, 0.29) is 17.1 Å². The van der Waals surface area contributed by atoms with Crippen LogP contribution in [-0.4, -0.2) is 66.4 Å². The lowest BCUT2D eigenvalue weighted by Crippen LogP contribution is -2.62. The lowest BCUT2D eigenvalue weighted by Gasteiger charge is -2.54. The van der Waals surface area contributed by atoms with Gasteiger partial charge >= 0.3 is 0 Å². The number of rotatable bonds is 4. The molecule has 1 aromatic carbocycles. The third-order valence-corrected chi connectivity index (χ3v) is 7.77. The predicted octanol–water partition coefficient (Wildman–Crippen LogP) is 3.10. The molecular weight excluding hydrogens is 404 g/mol. The molecule has 6 nitrogen and oxygen atoms in total. The zero-order valence-corrected chi connectivity index (χ0v) is 19.0. The van der Waals surface area contributed by atoms with Crippen molar-refractivity contribution in [3.8, 4) is 5.75 Å². The van der Waals surface area contributed by atoms with Gasteiger partial charge in [0, 0.05) is 50.6 Å². The Morgan fingerprint density at radius 2 is 1.84 bits per heavy atom. The number of nitrogens with zero attached hydrogens (tertiary/aromatic N) is 2. The first-order valence-electron chi connectivity index (χ1n) is 11.3. The SMILES string of the molecule is CC(=O)N1CCN(CCOc2ccc3c(c2)C(C)(C)C24C=CC=CC2(OC=C4)C3=O)CC1. The van der Waals surface area contributed by atoms with Crippen LogP contribution in [0.2, 0.25) is 0 Å². The molecule has 1 amide bonds. The van der Waals surface area contributed by atoms with E-state index in [2.05, 4.69) is 24.8 Å². The quantitative estimate of drug-likeness (QED) is 0.729. The molecule has 0 N–H and O–H groups in total. The molecular formula is C26H30N2O4. The van der Waals surface area contributed by atoms with Crippen LogP contribution < -0.4 is 4.74 Å². The number of fused-ring (bicyclic) bond motifs is 1. The van der Waals surface area contributed by atoms with Gasteiger partial charge in [-0.3, -0.25) is 14.5 Å². The highest BCUT2D eigenvalue weighted by Gasteiger charge is 2.68. The Labute approximate surface area is 189 Å². The Morgan fingerprint density at radius 3 is 2.59 bits per heavy atom. The predicted molar refractivity (Wildman–Crippen MR) is 122 cm³/mol. The summed E-state index contributed by atoms with van der Waals surface area (Å²) in [6.07, 6.45) is 11.6. The average Bonchev–Trinajstić information content (AvgIpc) is 3.21. The van der Waals surface area contributed by atoms with Gasteiger partial charge in [0.05, 0.1) is 11.7 Å². The second-order valence-corrected chi connectivity index (χ2v) is 9.60. The van der Waals surface area contributed by atoms with E-state index in [0.29, 0.717) is 12.2 Å². The van der Waals surface area contributed by atoms with Gasteiger partial charge in [-0.05, 0) is 35.9 Å². The van der Waals surface area contributed by atoms with Crippen LogP contribution in [0.3, 0.4) is 0 Å². The van der Waals surface area contributed by atoms with Gasteiger partial charge in [0.2, 0.25) is 17.3 Å². The van der Waals surface area contributed by atoms with E-state index >= 15 is 0 Å². The van der Waals surface area contributed by atoms with E-state index in [0.717, 1.165) is 44.0 Å². The summed E-state index contributed by atoms with van der Waals surface area (Å²) in [6.45, 7) is 10.6. The number of carbonyl (C=O) groups is 2. The maximum atomic E-state index is 13.6. The largest absolute Gasteiger partial charge is 0.492 e. The molecule has 168 valence electrons. The first kappa shape index (κ1) is 21.0. The lowest BCUT2D eigenvalue weighted by molar-refractivity contribution is -0.130. The summed E-state index contributed by atoms with van der Waals surface area (Å²) in [4.78, 5) is 29.3. The summed E-state index contributed by atoms with van der Waals surface area (Å²) in [5.41, 5.74) is -0.258. The summed E-state index contributed by atoms with van der Waals surface area (Å²) < 4.78 is 12.1. The number of benzene rings is 1. The van der Waals surface area contributed by atoms with Gasteiger partial charge < -0.3 is 14.4 Å². The van der Waals surface area contributed by atoms with E-state index in [1.54, 1.807) is 13.2 Å². The van der Waals surface area contributed by atoms with Gasteiger partial charge in [0.15, 0.2) is 0 Å². The molecule has 6 heteroatoms. The molecule has 1 saturated heterocycles. The van der Waals surface area contributed by atoms with Crippen LogP contribution in [0.25, 0.3) is 0 Å². The zero-order valence-electron chi connectivity index (χ0n) is 19.0. The molecule has 2 aliphatic heterocycles. The number of Topliss-reactive ketones (excluding diaryl/α,β-unsaturated/α-hetero) is 1. The normalized spacial score (nSPS) is 29.8. The van der Waals surface area contributed by atoms with E-state index in [1.807, 2.05) is 47.4 Å². The number of carbonyl (C=O) groups excluding carboxylic acids is 2. The number of ether oxygens (including phenoxy) is 2. The van der Waals surface area contributed by atoms with Gasteiger partial charge in [-0.2, -0.15) is 0 Å². The Morgan fingerprint density at radius 1 is 1.09 bits per heavy atom. The highest BCUT2D eigenvalue weighted by molar-refractivity contribution is 6.09. The molecule has 2 heterocycles. The van der Waals surface area contributed by atoms with Crippen molar-refractivity contribution < 1.29 is 19.1 Å². The second-order valence-electron chi connectivity index (χ2n) is 9.60. The molecule has 0 spiro atoms. The maximum Gasteiger partial charge on any atom is 0.219 e. The standard InChI is InChI=1S/C26H30N2O4/c1-19(29)28-13-11-27(12-14-28)15-17-31-20-6-7-21-22(18-20)24(2,3)25-8-4-5-9-26(25,23(21)30)32-16-10-25/h4-10,16,18H,11-15,17H2,1-3H3. The summed E-state index contributed by atoms with van der Waals surface area (Å²) in [5, 5.41) is 0. The number of allylic oxidation sites excluding steroid dienone is 2. The topological polar surface area (TPSA) is 59.1 Å². The smallest absolute Gasteiger partial charge is 0.219 e. The molecule has 0 radical (unpaired) electrons. The number of hydrogen-bond donors (Lipinski definition) is 0. The second kappa shape index (κ2) is 7.34. The fourth-order valence-corrected chi connectivity index (χ4v) is 5.75. The summed E-state index contributed by atoms with van der Waals surface area (Å²) >= 11 is 0. The van der Waals surface area contributed by atoms with Crippen molar-refractivity contribution in [3.05, 3.63) is 66.0 Å². The van der Waals surface area contributed by atoms with Gasteiger partial charge in [0.1, 0.15) is 12.4 Å². The molecule has 2 aliphatic carbocycles. The number of amides is 1. The number of hydrogen-bond acceptors (Lipinski definition) is 5. The molecule has 0 bridgehead atoms. The van der Waals surface area contributed by atoms with Crippen LogP contribution in [0, 0.1) is 5.41 Å². The summed E-state index contributed by atoms with van der Waals surface area (Å²) in [6, 6.07) is 5.79. The zero-order chi connectivity index (χ0) is 22.6. The summed E-state index contributed by atoms with van der Waals surface area (Å²) in [7, 11) is 0. The van der Waals surface area contributed by atoms with Gasteiger partial charge in [-0.15, -0.1) is 0 Å². The third kappa shape index (κ3) is 2.82. The Hall–Kier alpha value is -2.86. The fourth-order valence-electron chi connectivity index (χ4n) is 5.75. The van der Waals surface area contributed by atoms with Crippen LogP contribution >= 0.6 is 0 Å². The third-order valence-electron chi connectivity index (χ3n) is 7.77. The van der Waals surface area contributed by atoms with E-state index in [4.69, 9.17) is 9.47 Å². The van der Waals surface area contributed by atoms with E-state index in [1.165, 1.54) is 0 Å². The van der Waals surface area contributed by atoms with Crippen LogP contribution in [0.1, 0.15) is 36.7 Å². The van der Waals surface area contributed by atoms with Gasteiger partial charge in [0.25, 0.3) is 0 Å². The maximum absolute atomic E-state index is 13.6. The van der Waals surface area contributed by atoms with Crippen molar-refractivity contribution in [3.63, 3.8) is 0 Å². The highest BCUT2D eigenvalue weighted by atomic mass is 16.5. The molecule has 1 aromatic rings. The highest BCUT2D eigenvalue weighted by Crippen LogP contribution is 2.62. The number of piperazine rings is 1. The lowest BCUT2D eigenvalue weighted by atomic mass is 9.48. The van der Waals surface area contributed by atoms with Crippen molar-refractivity contribution in [2.45, 2.75) is 31.8 Å². The summed E-state index contributed by atoms with van der Waals surface area (Å²) in [5.74, 6) is 0.905. The average molecular weight is 435 g/mol. The molecule has 5 rings (SSSR count). The Kier molecular flexibility index (Phi) is 4.82.